The highest BCUT2D eigenvalue weighted by molar-refractivity contribution is 6.46. The van der Waals surface area contributed by atoms with Gasteiger partial charge < -0.3 is 15.4 Å². The lowest BCUT2D eigenvalue weighted by Crippen LogP contribution is -2.52. The second-order valence-electron chi connectivity index (χ2n) is 7.85. The quantitative estimate of drug-likeness (QED) is 0.742. The van der Waals surface area contributed by atoms with Gasteiger partial charge in [-0.15, -0.1) is 0 Å². The molecular weight excluding hydrogens is 399 g/mol. The Balaban J connectivity index is 1.28. The molecule has 2 aliphatic heterocycles. The van der Waals surface area contributed by atoms with Crippen LogP contribution in [0.5, 0.6) is 5.75 Å². The Kier molecular flexibility index (Phi) is 5.99. The van der Waals surface area contributed by atoms with Crippen LogP contribution in [-0.4, -0.2) is 54.8 Å². The molecule has 0 unspecified atom stereocenters. The van der Waals surface area contributed by atoms with E-state index in [2.05, 4.69) is 20.5 Å². The SMILES string of the molecule is COc1ccc(CNC(=O)CN2CCC3(CC2)N=C(c2ccc(F)cc2)C(=O)N3)cc1. The second kappa shape index (κ2) is 8.85. The number of benzene rings is 2. The number of hydrogen-bond donors (Lipinski definition) is 2. The Hall–Kier alpha value is -3.26. The second-order valence-corrected chi connectivity index (χ2v) is 7.85. The summed E-state index contributed by atoms with van der Waals surface area (Å²) < 4.78 is 18.3. The first kappa shape index (κ1) is 21.0. The lowest BCUT2D eigenvalue weighted by atomic mass is 9.98. The Morgan fingerprint density at radius 1 is 1.16 bits per heavy atom. The molecule has 2 amide bonds. The summed E-state index contributed by atoms with van der Waals surface area (Å²) in [5, 5.41) is 5.92. The van der Waals surface area contributed by atoms with E-state index in [-0.39, 0.29) is 17.6 Å². The van der Waals surface area contributed by atoms with Crippen LogP contribution in [-0.2, 0) is 16.1 Å². The maximum Gasteiger partial charge on any atom is 0.272 e. The third-order valence-electron chi connectivity index (χ3n) is 5.70. The lowest BCUT2D eigenvalue weighted by molar-refractivity contribution is -0.123. The molecule has 1 saturated heterocycles. The molecule has 2 aromatic rings. The van der Waals surface area contributed by atoms with Crippen molar-refractivity contribution in [1.82, 2.24) is 15.5 Å². The van der Waals surface area contributed by atoms with Gasteiger partial charge in [0, 0.05) is 38.0 Å². The van der Waals surface area contributed by atoms with Crippen LogP contribution in [0.1, 0.15) is 24.0 Å². The number of methoxy groups -OCH3 is 1. The van der Waals surface area contributed by atoms with E-state index < -0.39 is 5.66 Å². The number of ether oxygens (including phenoxy) is 1. The predicted octanol–water partition coefficient (Wildman–Crippen LogP) is 1.86. The topological polar surface area (TPSA) is 83.0 Å². The summed E-state index contributed by atoms with van der Waals surface area (Å²) in [5.74, 6) is 0.146. The molecule has 0 saturated carbocycles. The number of likely N-dealkylation sites (tertiary alicyclic amines) is 1. The first-order chi connectivity index (χ1) is 15.0. The minimum absolute atomic E-state index is 0.0438. The molecular formula is C23H25FN4O3. The number of amides is 2. The molecule has 0 aromatic heterocycles. The highest BCUT2D eigenvalue weighted by atomic mass is 19.1. The van der Waals surface area contributed by atoms with E-state index in [9.17, 15) is 14.0 Å². The summed E-state index contributed by atoms with van der Waals surface area (Å²) in [5.41, 5.74) is 1.31. The molecule has 2 aromatic carbocycles. The van der Waals surface area contributed by atoms with Crippen LogP contribution in [0.15, 0.2) is 53.5 Å². The molecule has 0 atom stereocenters. The molecule has 1 fully saturated rings. The summed E-state index contributed by atoms with van der Waals surface area (Å²) >= 11 is 0. The van der Waals surface area contributed by atoms with Crippen molar-refractivity contribution in [1.29, 1.82) is 0 Å². The minimum atomic E-state index is -0.642. The molecule has 0 radical (unpaired) electrons. The van der Waals surface area contributed by atoms with Gasteiger partial charge in [0.2, 0.25) is 5.91 Å². The number of nitrogens with one attached hydrogen (secondary N) is 2. The van der Waals surface area contributed by atoms with E-state index in [1.165, 1.54) is 12.1 Å². The van der Waals surface area contributed by atoms with Crippen molar-refractivity contribution in [2.45, 2.75) is 25.0 Å². The van der Waals surface area contributed by atoms with Crippen molar-refractivity contribution in [2.75, 3.05) is 26.7 Å². The maximum atomic E-state index is 13.2. The van der Waals surface area contributed by atoms with Crippen molar-refractivity contribution < 1.29 is 18.7 Å². The zero-order chi connectivity index (χ0) is 21.8. The van der Waals surface area contributed by atoms with Gasteiger partial charge in [0.15, 0.2) is 0 Å². The monoisotopic (exact) mass is 424 g/mol. The Morgan fingerprint density at radius 2 is 1.84 bits per heavy atom. The number of piperidine rings is 1. The van der Waals surface area contributed by atoms with Gasteiger partial charge in [-0.2, -0.15) is 0 Å². The third kappa shape index (κ3) is 4.91. The van der Waals surface area contributed by atoms with Crippen molar-refractivity contribution in [3.05, 3.63) is 65.5 Å². The van der Waals surface area contributed by atoms with Crippen LogP contribution in [0, 0.1) is 5.82 Å². The van der Waals surface area contributed by atoms with E-state index in [1.54, 1.807) is 19.2 Å². The summed E-state index contributed by atoms with van der Waals surface area (Å²) in [7, 11) is 1.62. The number of hydrogen-bond acceptors (Lipinski definition) is 5. The fraction of sp³-hybridized carbons (Fsp3) is 0.348. The van der Waals surface area contributed by atoms with Gasteiger partial charge in [0.05, 0.1) is 13.7 Å². The Morgan fingerprint density at radius 3 is 2.48 bits per heavy atom. The van der Waals surface area contributed by atoms with Gasteiger partial charge in [-0.3, -0.25) is 19.5 Å². The predicted molar refractivity (Wildman–Crippen MR) is 114 cm³/mol. The van der Waals surface area contributed by atoms with E-state index >= 15 is 0 Å². The van der Waals surface area contributed by atoms with Crippen LogP contribution in [0.4, 0.5) is 4.39 Å². The zero-order valence-corrected chi connectivity index (χ0v) is 17.4. The van der Waals surface area contributed by atoms with Gasteiger partial charge in [-0.1, -0.05) is 12.1 Å². The molecule has 0 bridgehead atoms. The summed E-state index contributed by atoms with van der Waals surface area (Å²) in [4.78, 5) is 31.5. The third-order valence-corrected chi connectivity index (χ3v) is 5.70. The van der Waals surface area contributed by atoms with Gasteiger partial charge in [-0.05, 0) is 42.0 Å². The molecule has 31 heavy (non-hydrogen) atoms. The molecule has 1 spiro atoms. The van der Waals surface area contributed by atoms with Crippen LogP contribution in [0.2, 0.25) is 0 Å². The van der Waals surface area contributed by atoms with Crippen molar-refractivity contribution >= 4 is 17.5 Å². The van der Waals surface area contributed by atoms with E-state index in [1.807, 2.05) is 24.3 Å². The standard InChI is InChI=1S/C23H25FN4O3/c1-31-19-8-2-16(3-9-19)14-25-20(29)15-28-12-10-23(11-13-28)26-21(22(30)27-23)17-4-6-18(24)7-5-17/h2-9H,10-15H2,1H3,(H,25,29)(H,27,30). The maximum absolute atomic E-state index is 13.2. The average molecular weight is 424 g/mol. The highest BCUT2D eigenvalue weighted by Crippen LogP contribution is 2.28. The molecule has 2 aliphatic rings. The van der Waals surface area contributed by atoms with Crippen molar-refractivity contribution in [3.63, 3.8) is 0 Å². The van der Waals surface area contributed by atoms with Crippen molar-refractivity contribution in [2.24, 2.45) is 4.99 Å². The molecule has 4 rings (SSSR count). The normalized spacial score (nSPS) is 17.9. The lowest BCUT2D eigenvalue weighted by Gasteiger charge is -2.36. The van der Waals surface area contributed by atoms with Crippen LogP contribution in [0.3, 0.4) is 0 Å². The Labute approximate surface area is 180 Å². The highest BCUT2D eigenvalue weighted by Gasteiger charge is 2.42. The molecule has 2 heterocycles. The fourth-order valence-corrected chi connectivity index (χ4v) is 3.89. The number of nitrogens with zero attached hydrogens (tertiary/aromatic N) is 2. The van der Waals surface area contributed by atoms with E-state index in [0.717, 1.165) is 11.3 Å². The van der Waals surface area contributed by atoms with Crippen molar-refractivity contribution in [3.8, 4) is 5.75 Å². The number of halogens is 1. The Bertz CT molecular complexity index is 981. The number of carbonyl (C=O) groups is 2. The zero-order valence-electron chi connectivity index (χ0n) is 17.4. The average Bonchev–Trinajstić information content (AvgIpc) is 3.10. The smallest absolute Gasteiger partial charge is 0.272 e. The number of aliphatic imine (C=N–C) groups is 1. The van der Waals surface area contributed by atoms with Gasteiger partial charge in [-0.25, -0.2) is 4.39 Å². The first-order valence-electron chi connectivity index (χ1n) is 10.3. The van der Waals surface area contributed by atoms with Gasteiger partial charge in [0.25, 0.3) is 5.91 Å². The van der Waals surface area contributed by atoms with Crippen LogP contribution >= 0.6 is 0 Å². The fourth-order valence-electron chi connectivity index (χ4n) is 3.89. The number of rotatable bonds is 6. The van der Waals surface area contributed by atoms with E-state index in [0.29, 0.717) is 50.3 Å². The van der Waals surface area contributed by atoms with Gasteiger partial charge in [0.1, 0.15) is 22.9 Å². The van der Waals surface area contributed by atoms with Crippen LogP contribution in [0.25, 0.3) is 0 Å². The molecule has 8 heteroatoms. The number of carbonyl (C=O) groups excluding carboxylic acids is 2. The molecule has 0 aliphatic carbocycles. The summed E-state index contributed by atoms with van der Waals surface area (Å²) in [6.07, 6.45) is 1.24. The van der Waals surface area contributed by atoms with E-state index in [4.69, 9.17) is 4.74 Å². The summed E-state index contributed by atoms with van der Waals surface area (Å²) in [6.45, 7) is 2.06. The molecule has 7 nitrogen and oxygen atoms in total. The van der Waals surface area contributed by atoms with Gasteiger partial charge >= 0.3 is 0 Å². The summed E-state index contributed by atoms with van der Waals surface area (Å²) in [6, 6.07) is 13.3. The van der Waals surface area contributed by atoms with Crippen LogP contribution < -0.4 is 15.4 Å². The first-order valence-corrected chi connectivity index (χ1v) is 10.3. The largest absolute Gasteiger partial charge is 0.497 e. The minimum Gasteiger partial charge on any atom is -0.497 e. The molecule has 2 N–H and O–H groups in total. The molecule has 162 valence electrons.